The van der Waals surface area contributed by atoms with Crippen LogP contribution in [0.25, 0.3) is 0 Å². The number of Topliss-reactive ketones (excluding diaryl/α,β-unsaturated/α-hetero) is 1. The molecule has 0 atom stereocenters. The first kappa shape index (κ1) is 13.6. The van der Waals surface area contributed by atoms with Crippen LogP contribution in [0.3, 0.4) is 0 Å². The summed E-state index contributed by atoms with van der Waals surface area (Å²) in [5, 5.41) is 3.29. The summed E-state index contributed by atoms with van der Waals surface area (Å²) in [6, 6.07) is 8.06. The van der Waals surface area contributed by atoms with Gasteiger partial charge in [-0.2, -0.15) is 0 Å². The fraction of sp³-hybridized carbons (Fsp3) is 0.500. The van der Waals surface area contributed by atoms with Gasteiger partial charge in [-0.15, -0.1) is 0 Å². The Bertz CT molecular complexity index is 355. The summed E-state index contributed by atoms with van der Waals surface area (Å²) in [4.78, 5) is 11.4. The Hall–Kier alpha value is -1.51. The van der Waals surface area contributed by atoms with Gasteiger partial charge in [0.2, 0.25) is 0 Å². The van der Waals surface area contributed by atoms with Crippen molar-refractivity contribution in [1.29, 1.82) is 0 Å². The van der Waals surface area contributed by atoms with Crippen LogP contribution in [0.5, 0.6) is 5.75 Å². The van der Waals surface area contributed by atoms with Crippen molar-refractivity contribution in [2.75, 3.05) is 11.9 Å². The molecular weight excluding hydrogens is 214 g/mol. The van der Waals surface area contributed by atoms with E-state index >= 15 is 0 Å². The van der Waals surface area contributed by atoms with E-state index < -0.39 is 0 Å². The van der Waals surface area contributed by atoms with E-state index in [1.54, 1.807) is 0 Å². The van der Waals surface area contributed by atoms with Crippen molar-refractivity contribution in [3.63, 3.8) is 0 Å². The van der Waals surface area contributed by atoms with Gasteiger partial charge in [0, 0.05) is 17.6 Å². The SMILES string of the molecule is CC(C)Nc1ccc(OCC(=O)C(C)C)cc1. The number of rotatable bonds is 6. The number of nitrogens with one attached hydrogen (secondary N) is 1. The normalized spacial score (nSPS) is 10.7. The van der Waals surface area contributed by atoms with Crippen LogP contribution in [0.1, 0.15) is 27.7 Å². The number of ether oxygens (including phenoxy) is 1. The molecule has 0 fully saturated rings. The lowest BCUT2D eigenvalue weighted by atomic mass is 10.1. The van der Waals surface area contributed by atoms with Gasteiger partial charge in [-0.1, -0.05) is 13.8 Å². The maximum Gasteiger partial charge on any atom is 0.172 e. The van der Waals surface area contributed by atoms with Crippen molar-refractivity contribution in [2.24, 2.45) is 5.92 Å². The van der Waals surface area contributed by atoms with Crippen molar-refractivity contribution in [3.05, 3.63) is 24.3 Å². The first-order chi connectivity index (χ1) is 7.99. The largest absolute Gasteiger partial charge is 0.486 e. The fourth-order valence-corrected chi connectivity index (χ4v) is 1.30. The van der Waals surface area contributed by atoms with Crippen LogP contribution in [0.2, 0.25) is 0 Å². The van der Waals surface area contributed by atoms with Crippen molar-refractivity contribution in [1.82, 2.24) is 0 Å². The van der Waals surface area contributed by atoms with E-state index in [2.05, 4.69) is 19.2 Å². The summed E-state index contributed by atoms with van der Waals surface area (Å²) < 4.78 is 5.41. The lowest BCUT2D eigenvalue weighted by Crippen LogP contribution is -2.16. The summed E-state index contributed by atoms with van der Waals surface area (Å²) in [6.45, 7) is 8.08. The maximum absolute atomic E-state index is 11.4. The molecule has 1 aromatic carbocycles. The molecule has 3 nitrogen and oxygen atoms in total. The zero-order valence-electron chi connectivity index (χ0n) is 11.0. The zero-order valence-corrected chi connectivity index (χ0v) is 11.0. The number of hydrogen-bond donors (Lipinski definition) is 1. The van der Waals surface area contributed by atoms with Gasteiger partial charge >= 0.3 is 0 Å². The highest BCUT2D eigenvalue weighted by Crippen LogP contribution is 2.16. The van der Waals surface area contributed by atoms with Gasteiger partial charge in [-0.05, 0) is 38.1 Å². The number of carbonyl (C=O) groups excluding carboxylic acids is 1. The Morgan fingerprint density at radius 2 is 1.76 bits per heavy atom. The highest BCUT2D eigenvalue weighted by atomic mass is 16.5. The topological polar surface area (TPSA) is 38.3 Å². The van der Waals surface area contributed by atoms with Gasteiger partial charge in [-0.3, -0.25) is 4.79 Å². The molecule has 0 bridgehead atoms. The van der Waals surface area contributed by atoms with E-state index in [1.165, 1.54) is 0 Å². The van der Waals surface area contributed by atoms with E-state index in [1.807, 2.05) is 38.1 Å². The molecular formula is C14H21NO2. The molecule has 1 aromatic rings. The molecule has 1 N–H and O–H groups in total. The summed E-state index contributed by atoms with van der Waals surface area (Å²) in [7, 11) is 0. The molecule has 17 heavy (non-hydrogen) atoms. The number of benzene rings is 1. The van der Waals surface area contributed by atoms with Crippen LogP contribution in [0.4, 0.5) is 5.69 Å². The van der Waals surface area contributed by atoms with Gasteiger partial charge in [-0.25, -0.2) is 0 Å². The molecule has 0 saturated carbocycles. The van der Waals surface area contributed by atoms with E-state index in [-0.39, 0.29) is 18.3 Å². The van der Waals surface area contributed by atoms with Crippen LogP contribution >= 0.6 is 0 Å². The van der Waals surface area contributed by atoms with Crippen molar-refractivity contribution in [2.45, 2.75) is 33.7 Å². The van der Waals surface area contributed by atoms with Gasteiger partial charge in [0.15, 0.2) is 5.78 Å². The molecule has 0 aromatic heterocycles. The summed E-state index contributed by atoms with van der Waals surface area (Å²) in [5.74, 6) is 0.875. The lowest BCUT2D eigenvalue weighted by Gasteiger charge is -2.11. The van der Waals surface area contributed by atoms with E-state index in [0.29, 0.717) is 6.04 Å². The van der Waals surface area contributed by atoms with Gasteiger partial charge in [0.1, 0.15) is 12.4 Å². The second kappa shape index (κ2) is 6.28. The van der Waals surface area contributed by atoms with Crippen molar-refractivity contribution >= 4 is 11.5 Å². The molecule has 94 valence electrons. The third kappa shape index (κ3) is 4.89. The number of hydrogen-bond acceptors (Lipinski definition) is 3. The highest BCUT2D eigenvalue weighted by Gasteiger charge is 2.07. The molecule has 0 amide bonds. The molecule has 0 spiro atoms. The second-order valence-corrected chi connectivity index (χ2v) is 4.73. The monoisotopic (exact) mass is 235 g/mol. The Morgan fingerprint density at radius 1 is 1.18 bits per heavy atom. The second-order valence-electron chi connectivity index (χ2n) is 4.73. The van der Waals surface area contributed by atoms with Crippen LogP contribution < -0.4 is 10.1 Å². The van der Waals surface area contributed by atoms with E-state index in [9.17, 15) is 4.79 Å². The molecule has 0 aliphatic heterocycles. The molecule has 3 heteroatoms. The first-order valence-corrected chi connectivity index (χ1v) is 6.01. The Kier molecular flexibility index (Phi) is 5.01. The zero-order chi connectivity index (χ0) is 12.8. The van der Waals surface area contributed by atoms with Crippen molar-refractivity contribution in [3.8, 4) is 5.75 Å². The number of ketones is 1. The van der Waals surface area contributed by atoms with Crippen LogP contribution in [-0.4, -0.2) is 18.4 Å². The summed E-state index contributed by atoms with van der Waals surface area (Å²) in [5.41, 5.74) is 1.06. The third-order valence-electron chi connectivity index (χ3n) is 2.33. The summed E-state index contributed by atoms with van der Waals surface area (Å²) >= 11 is 0. The summed E-state index contributed by atoms with van der Waals surface area (Å²) in [6.07, 6.45) is 0. The average Bonchev–Trinajstić information content (AvgIpc) is 2.26. The molecule has 0 unspecified atom stereocenters. The molecule has 0 aliphatic carbocycles. The predicted octanol–water partition coefficient (Wildman–Crippen LogP) is 3.11. The smallest absolute Gasteiger partial charge is 0.172 e. The van der Waals surface area contributed by atoms with Crippen LogP contribution in [-0.2, 0) is 4.79 Å². The van der Waals surface area contributed by atoms with Crippen molar-refractivity contribution < 1.29 is 9.53 Å². The number of carbonyl (C=O) groups is 1. The fourth-order valence-electron chi connectivity index (χ4n) is 1.30. The lowest BCUT2D eigenvalue weighted by molar-refractivity contribution is -0.123. The Morgan fingerprint density at radius 3 is 2.24 bits per heavy atom. The third-order valence-corrected chi connectivity index (χ3v) is 2.33. The first-order valence-electron chi connectivity index (χ1n) is 6.01. The highest BCUT2D eigenvalue weighted by molar-refractivity contribution is 5.81. The number of anilines is 1. The quantitative estimate of drug-likeness (QED) is 0.823. The van der Waals surface area contributed by atoms with Crippen LogP contribution in [0, 0.1) is 5.92 Å². The van der Waals surface area contributed by atoms with Crippen LogP contribution in [0.15, 0.2) is 24.3 Å². The van der Waals surface area contributed by atoms with E-state index in [4.69, 9.17) is 4.74 Å². The predicted molar refractivity (Wildman–Crippen MR) is 70.5 cm³/mol. The van der Waals surface area contributed by atoms with Gasteiger partial charge in [0.25, 0.3) is 0 Å². The molecule has 0 heterocycles. The molecule has 0 saturated heterocycles. The maximum atomic E-state index is 11.4. The van der Waals surface area contributed by atoms with E-state index in [0.717, 1.165) is 11.4 Å². The molecule has 1 rings (SSSR count). The minimum absolute atomic E-state index is 0.0249. The minimum atomic E-state index is 0.0249. The van der Waals surface area contributed by atoms with Gasteiger partial charge < -0.3 is 10.1 Å². The average molecular weight is 235 g/mol. The Labute approximate surface area is 103 Å². The standard InChI is InChI=1S/C14H21NO2/c1-10(2)14(16)9-17-13-7-5-12(6-8-13)15-11(3)4/h5-8,10-11,15H,9H2,1-4H3. The minimum Gasteiger partial charge on any atom is -0.486 e. The Balaban J connectivity index is 2.48. The molecule has 0 aliphatic rings. The molecule has 0 radical (unpaired) electrons. The van der Waals surface area contributed by atoms with Gasteiger partial charge in [0.05, 0.1) is 0 Å².